The van der Waals surface area contributed by atoms with Crippen molar-refractivity contribution in [3.05, 3.63) is 35.9 Å². The van der Waals surface area contributed by atoms with Crippen LogP contribution in [0.4, 0.5) is 4.79 Å². The molecule has 0 fully saturated rings. The lowest BCUT2D eigenvalue weighted by atomic mass is 9.94. The summed E-state index contributed by atoms with van der Waals surface area (Å²) >= 11 is 18.0. The molecule has 9 nitrogen and oxygen atoms in total. The van der Waals surface area contributed by atoms with Gasteiger partial charge in [0.25, 0.3) is 0 Å². The van der Waals surface area contributed by atoms with Gasteiger partial charge in [-0.3, -0.25) is 9.59 Å². The number of carbonyl (C=O) groups excluding carboxylic acids is 3. The van der Waals surface area contributed by atoms with Crippen LogP contribution in [0, 0.1) is 5.92 Å². The van der Waals surface area contributed by atoms with Gasteiger partial charge in [-0.2, -0.15) is 0 Å². The summed E-state index contributed by atoms with van der Waals surface area (Å²) in [5.41, 5.74) is 0.00135. The number of unbranched alkanes of at least 4 members (excludes halogenated alkanes) is 10. The minimum atomic E-state index is -1.89. The summed E-state index contributed by atoms with van der Waals surface area (Å²) in [6.07, 6.45) is 10.2. The van der Waals surface area contributed by atoms with E-state index in [1.165, 1.54) is 38.5 Å². The van der Waals surface area contributed by atoms with Gasteiger partial charge in [-0.15, -0.1) is 0 Å². The number of amides is 1. The molecule has 12 heteroatoms. The smallest absolute Gasteiger partial charge is 0.408 e. The number of hydrogen-bond acceptors (Lipinski definition) is 7. The van der Waals surface area contributed by atoms with Crippen LogP contribution in [0.5, 0.6) is 0 Å². The highest BCUT2D eigenvalue weighted by Crippen LogP contribution is 2.36. The molecule has 0 heterocycles. The molecule has 1 unspecified atom stereocenters. The van der Waals surface area contributed by atoms with Crippen molar-refractivity contribution < 1.29 is 38.5 Å². The number of esters is 2. The van der Waals surface area contributed by atoms with Crippen molar-refractivity contribution >= 4 is 58.8 Å². The van der Waals surface area contributed by atoms with Crippen molar-refractivity contribution in [3.63, 3.8) is 0 Å². The Morgan fingerprint density at radius 3 is 1.90 bits per heavy atom. The van der Waals surface area contributed by atoms with Crippen LogP contribution in [0.3, 0.4) is 0 Å². The van der Waals surface area contributed by atoms with Crippen LogP contribution in [-0.4, -0.2) is 50.6 Å². The lowest BCUT2D eigenvalue weighted by Gasteiger charge is -2.29. The molecule has 0 radical (unpaired) electrons. The molecular formula is C36H56Cl3NO8. The molecule has 1 rings (SSSR count). The van der Waals surface area contributed by atoms with E-state index in [9.17, 15) is 24.3 Å². The van der Waals surface area contributed by atoms with Crippen LogP contribution in [0.25, 0.3) is 0 Å². The summed E-state index contributed by atoms with van der Waals surface area (Å²) in [7, 11) is 0. The fourth-order valence-electron chi connectivity index (χ4n) is 5.17. The molecule has 0 saturated heterocycles. The predicted octanol–water partition coefficient (Wildman–Crippen LogP) is 9.87. The van der Waals surface area contributed by atoms with E-state index in [1.807, 2.05) is 30.3 Å². The second-order valence-electron chi connectivity index (χ2n) is 13.3. The van der Waals surface area contributed by atoms with Crippen molar-refractivity contribution in [2.24, 2.45) is 5.92 Å². The zero-order chi connectivity index (χ0) is 36.0. The molecule has 48 heavy (non-hydrogen) atoms. The largest absolute Gasteiger partial charge is 0.481 e. The molecular weight excluding hydrogens is 681 g/mol. The number of carboxylic acids is 1. The lowest BCUT2D eigenvalue weighted by molar-refractivity contribution is -0.162. The summed E-state index contributed by atoms with van der Waals surface area (Å²) in [4.78, 5) is 50.9. The Morgan fingerprint density at radius 1 is 0.812 bits per heavy atom. The average molecular weight is 737 g/mol. The van der Waals surface area contributed by atoms with Crippen LogP contribution in [0.15, 0.2) is 30.3 Å². The number of carboxylic acid groups (broad SMARTS) is 1. The Morgan fingerprint density at radius 2 is 1.38 bits per heavy atom. The number of alkyl halides is 3. The fourth-order valence-corrected chi connectivity index (χ4v) is 5.67. The number of aliphatic carboxylic acids is 1. The first-order valence-corrected chi connectivity index (χ1v) is 18.4. The van der Waals surface area contributed by atoms with E-state index in [1.54, 1.807) is 20.8 Å². The second kappa shape index (κ2) is 24.0. The third-order valence-corrected chi connectivity index (χ3v) is 8.13. The van der Waals surface area contributed by atoms with E-state index >= 15 is 0 Å². The first kappa shape index (κ1) is 43.8. The van der Waals surface area contributed by atoms with Crippen LogP contribution in [0.2, 0.25) is 0 Å². The van der Waals surface area contributed by atoms with Gasteiger partial charge in [0, 0.05) is 12.8 Å². The molecule has 2 N–H and O–H groups in total. The third kappa shape index (κ3) is 22.4. The van der Waals surface area contributed by atoms with E-state index < -0.39 is 51.5 Å². The Hall–Kier alpha value is -2.23. The quantitative estimate of drug-likeness (QED) is 0.0465. The number of benzene rings is 1. The van der Waals surface area contributed by atoms with Crippen molar-refractivity contribution in [2.75, 3.05) is 0 Å². The maximum atomic E-state index is 13.5. The third-order valence-electron chi connectivity index (χ3n) is 7.67. The molecule has 0 aliphatic carbocycles. The van der Waals surface area contributed by atoms with E-state index in [0.717, 1.165) is 31.2 Å². The summed E-state index contributed by atoms with van der Waals surface area (Å²) in [5.74, 6) is -3.88. The molecule has 1 aromatic carbocycles. The van der Waals surface area contributed by atoms with Crippen LogP contribution in [0.1, 0.15) is 136 Å². The molecule has 0 bridgehead atoms. The van der Waals surface area contributed by atoms with E-state index in [2.05, 4.69) is 12.2 Å². The Kier molecular flexibility index (Phi) is 21.9. The zero-order valence-corrected chi connectivity index (χ0v) is 31.3. The highest BCUT2D eigenvalue weighted by Gasteiger charge is 2.39. The van der Waals surface area contributed by atoms with Gasteiger partial charge in [0.15, 0.2) is 3.79 Å². The van der Waals surface area contributed by atoms with Gasteiger partial charge in [0.1, 0.15) is 24.4 Å². The predicted molar refractivity (Wildman–Crippen MR) is 190 cm³/mol. The van der Waals surface area contributed by atoms with E-state index in [0.29, 0.717) is 6.42 Å². The molecule has 1 aromatic rings. The van der Waals surface area contributed by atoms with E-state index in [4.69, 9.17) is 49.0 Å². The first-order chi connectivity index (χ1) is 22.6. The molecule has 0 aromatic heterocycles. The van der Waals surface area contributed by atoms with E-state index in [-0.39, 0.29) is 38.7 Å². The van der Waals surface area contributed by atoms with Crippen LogP contribution >= 0.6 is 34.8 Å². The van der Waals surface area contributed by atoms with Gasteiger partial charge in [-0.1, -0.05) is 136 Å². The standard InChI is InChI=1S/C36H56Cl3NO8/c1-5-6-7-8-9-10-11-12-13-14-18-23-30(28(32(42)43)25-36(37,38)39)47-33(44)29(40-34(45)48-35(2,3)4)22-19-24-31(41)46-26-27-20-16-15-17-21-27/h15-17,20-21,28-30H,5-14,18-19,22-26H2,1-4H3,(H,40,45)(H,42,43)/t28?,29-,30-/m0/s1. The fraction of sp³-hybridized carbons (Fsp3) is 0.722. The maximum Gasteiger partial charge on any atom is 0.408 e. The topological polar surface area (TPSA) is 128 Å². The van der Waals surface area contributed by atoms with Crippen molar-refractivity contribution in [1.82, 2.24) is 5.32 Å². The minimum absolute atomic E-state index is 0.0141. The number of ether oxygens (including phenoxy) is 3. The number of alkyl carbamates (subject to hydrolysis) is 1. The monoisotopic (exact) mass is 735 g/mol. The summed E-state index contributed by atoms with van der Waals surface area (Å²) in [6, 6.07) is 8.00. The van der Waals surface area contributed by atoms with Gasteiger partial charge in [-0.05, 0) is 52.0 Å². The molecule has 0 spiro atoms. The molecule has 274 valence electrons. The Labute approximate surface area is 302 Å². The summed E-state index contributed by atoms with van der Waals surface area (Å²) < 4.78 is 14.6. The van der Waals surface area contributed by atoms with Gasteiger partial charge in [0.2, 0.25) is 0 Å². The van der Waals surface area contributed by atoms with Gasteiger partial charge in [0.05, 0.1) is 5.92 Å². The maximum absolute atomic E-state index is 13.5. The van der Waals surface area contributed by atoms with Gasteiger partial charge < -0.3 is 24.6 Å². The number of nitrogens with one attached hydrogen (secondary N) is 1. The summed E-state index contributed by atoms with van der Waals surface area (Å²) in [5, 5.41) is 12.6. The number of rotatable bonds is 24. The second-order valence-corrected chi connectivity index (χ2v) is 15.8. The Balaban J connectivity index is 2.88. The molecule has 1 amide bonds. The highest BCUT2D eigenvalue weighted by molar-refractivity contribution is 6.67. The number of halogens is 3. The first-order valence-electron chi connectivity index (χ1n) is 17.3. The minimum Gasteiger partial charge on any atom is -0.481 e. The van der Waals surface area contributed by atoms with Crippen molar-refractivity contribution in [3.8, 4) is 0 Å². The van der Waals surface area contributed by atoms with Crippen LogP contribution in [-0.2, 0) is 35.2 Å². The highest BCUT2D eigenvalue weighted by atomic mass is 35.6. The van der Waals surface area contributed by atoms with Crippen LogP contribution < -0.4 is 5.32 Å². The van der Waals surface area contributed by atoms with Gasteiger partial charge in [-0.25, -0.2) is 9.59 Å². The van der Waals surface area contributed by atoms with Crippen molar-refractivity contribution in [1.29, 1.82) is 0 Å². The zero-order valence-electron chi connectivity index (χ0n) is 29.1. The number of hydrogen-bond donors (Lipinski definition) is 2. The normalized spacial score (nSPS) is 13.6. The molecule has 0 saturated carbocycles. The lowest BCUT2D eigenvalue weighted by Crippen LogP contribution is -2.46. The Bertz CT molecular complexity index is 1080. The molecule has 0 aliphatic rings. The number of carbonyl (C=O) groups is 4. The van der Waals surface area contributed by atoms with Gasteiger partial charge >= 0.3 is 24.0 Å². The SMILES string of the molecule is CCCCCCCCCCCCC[C@H](OC(=O)[C@H](CCCC(=O)OCc1ccccc1)NC(=O)OC(C)(C)C)C(CC(Cl)(Cl)Cl)C(=O)O. The molecule has 3 atom stereocenters. The molecule has 0 aliphatic heterocycles. The van der Waals surface area contributed by atoms with Crippen molar-refractivity contribution in [2.45, 2.75) is 159 Å². The summed E-state index contributed by atoms with van der Waals surface area (Å²) in [6.45, 7) is 7.36. The average Bonchev–Trinajstić information content (AvgIpc) is 2.99.